The number of carbonyl (C=O) groups is 1. The number of rotatable bonds is 4. The van der Waals surface area contributed by atoms with E-state index in [0.29, 0.717) is 12.2 Å². The summed E-state index contributed by atoms with van der Waals surface area (Å²) in [5, 5.41) is 2.86. The minimum absolute atomic E-state index is 0.195. The summed E-state index contributed by atoms with van der Waals surface area (Å²) >= 11 is 3.36. The number of amides is 1. The van der Waals surface area contributed by atoms with Gasteiger partial charge in [0.2, 0.25) is 5.91 Å². The number of hydrogen-bond acceptors (Lipinski definition) is 4. The number of aryl methyl sites for hydroxylation is 1. The highest BCUT2D eigenvalue weighted by molar-refractivity contribution is 9.10. The fourth-order valence-electron chi connectivity index (χ4n) is 2.84. The Morgan fingerprint density at radius 3 is 2.75 bits per heavy atom. The number of carbonyl (C=O) groups excluding carboxylic acids is 1. The maximum absolute atomic E-state index is 13.9. The lowest BCUT2D eigenvalue weighted by atomic mass is 10.2. The van der Waals surface area contributed by atoms with Crippen LogP contribution in [0.15, 0.2) is 41.1 Å². The van der Waals surface area contributed by atoms with Crippen molar-refractivity contribution in [1.82, 2.24) is 14.9 Å². The molecule has 0 unspecified atom stereocenters. The van der Waals surface area contributed by atoms with E-state index in [4.69, 9.17) is 0 Å². The molecular weight excluding hydrogens is 375 g/mol. The van der Waals surface area contributed by atoms with Crippen molar-refractivity contribution < 1.29 is 9.18 Å². The largest absolute Gasteiger partial charge is 0.325 e. The molecule has 0 spiro atoms. The van der Waals surface area contributed by atoms with Crippen LogP contribution in [0.4, 0.5) is 10.1 Å². The van der Waals surface area contributed by atoms with Gasteiger partial charge >= 0.3 is 0 Å². The van der Waals surface area contributed by atoms with E-state index in [1.165, 1.54) is 0 Å². The van der Waals surface area contributed by atoms with Crippen LogP contribution in [0.25, 0.3) is 0 Å². The van der Waals surface area contributed by atoms with E-state index in [-0.39, 0.29) is 18.9 Å². The molecule has 7 heteroatoms. The molecule has 3 rings (SSSR count). The molecule has 0 saturated carbocycles. The summed E-state index contributed by atoms with van der Waals surface area (Å²) < 4.78 is 14.9. The first kappa shape index (κ1) is 17.0. The van der Waals surface area contributed by atoms with Crippen LogP contribution in [0.5, 0.6) is 0 Å². The Morgan fingerprint density at radius 2 is 2.04 bits per heavy atom. The first-order chi connectivity index (χ1) is 11.5. The molecule has 2 atom stereocenters. The van der Waals surface area contributed by atoms with Gasteiger partial charge in [-0.3, -0.25) is 19.7 Å². The number of benzene rings is 1. The van der Waals surface area contributed by atoms with Crippen LogP contribution >= 0.6 is 15.9 Å². The number of anilines is 1. The Labute approximate surface area is 148 Å². The van der Waals surface area contributed by atoms with E-state index >= 15 is 0 Å². The standard InChI is InChI=1S/C17H18BrFN4O/c1-11-15(21-7-6-20-11)10-23-9-13(19)8-16(23)17(24)22-14-4-2-12(18)3-5-14/h2-7,13,16H,8-10H2,1H3,(H,22,24)/t13-,16+/m0/s1. The van der Waals surface area contributed by atoms with Gasteiger partial charge in [0, 0.05) is 42.1 Å². The topological polar surface area (TPSA) is 58.1 Å². The van der Waals surface area contributed by atoms with Crippen molar-refractivity contribution in [3.63, 3.8) is 0 Å². The first-order valence-electron chi connectivity index (χ1n) is 7.74. The Bertz CT molecular complexity index is 725. The van der Waals surface area contributed by atoms with Crippen molar-refractivity contribution in [1.29, 1.82) is 0 Å². The molecule has 1 aliphatic rings. The average Bonchev–Trinajstić information content (AvgIpc) is 2.92. The van der Waals surface area contributed by atoms with Gasteiger partial charge in [-0.15, -0.1) is 0 Å². The van der Waals surface area contributed by atoms with Crippen LogP contribution in [0.1, 0.15) is 17.8 Å². The van der Waals surface area contributed by atoms with E-state index < -0.39 is 12.2 Å². The number of likely N-dealkylation sites (tertiary alicyclic amines) is 1. The summed E-state index contributed by atoms with van der Waals surface area (Å²) in [4.78, 5) is 22.9. The average molecular weight is 393 g/mol. The Morgan fingerprint density at radius 1 is 1.33 bits per heavy atom. The highest BCUT2D eigenvalue weighted by atomic mass is 79.9. The number of hydrogen-bond donors (Lipinski definition) is 1. The van der Waals surface area contributed by atoms with Crippen LogP contribution in [0.3, 0.4) is 0 Å². The van der Waals surface area contributed by atoms with Crippen LogP contribution in [-0.2, 0) is 11.3 Å². The van der Waals surface area contributed by atoms with Crippen LogP contribution in [0.2, 0.25) is 0 Å². The molecule has 0 bridgehead atoms. The van der Waals surface area contributed by atoms with E-state index in [2.05, 4.69) is 31.2 Å². The fourth-order valence-corrected chi connectivity index (χ4v) is 3.10. The summed E-state index contributed by atoms with van der Waals surface area (Å²) in [6.45, 7) is 2.51. The molecular formula is C17H18BrFN4O. The molecule has 1 aromatic heterocycles. The maximum Gasteiger partial charge on any atom is 0.241 e. The smallest absolute Gasteiger partial charge is 0.241 e. The summed E-state index contributed by atoms with van der Waals surface area (Å²) in [5.74, 6) is -0.195. The number of halogens is 2. The number of nitrogens with one attached hydrogen (secondary N) is 1. The second kappa shape index (κ2) is 7.36. The van der Waals surface area contributed by atoms with E-state index in [0.717, 1.165) is 15.9 Å². The minimum atomic E-state index is -1.01. The van der Waals surface area contributed by atoms with Crippen molar-refractivity contribution in [3.05, 3.63) is 52.5 Å². The highest BCUT2D eigenvalue weighted by Crippen LogP contribution is 2.24. The molecule has 1 fully saturated rings. The summed E-state index contributed by atoms with van der Waals surface area (Å²) in [5.41, 5.74) is 2.26. The third-order valence-corrected chi connectivity index (χ3v) is 4.63. The van der Waals surface area contributed by atoms with Gasteiger partial charge in [-0.05, 0) is 31.2 Å². The lowest BCUT2D eigenvalue weighted by Gasteiger charge is -2.23. The van der Waals surface area contributed by atoms with Gasteiger partial charge < -0.3 is 5.32 Å². The maximum atomic E-state index is 13.9. The summed E-state index contributed by atoms with van der Waals surface area (Å²) in [6, 6.07) is 6.80. The lowest BCUT2D eigenvalue weighted by Crippen LogP contribution is -2.39. The van der Waals surface area contributed by atoms with Gasteiger partial charge in [0.15, 0.2) is 0 Å². The predicted octanol–water partition coefficient (Wildman–Crippen LogP) is 3.10. The molecule has 126 valence electrons. The third kappa shape index (κ3) is 3.96. The third-order valence-electron chi connectivity index (χ3n) is 4.10. The van der Waals surface area contributed by atoms with Crippen molar-refractivity contribution >= 4 is 27.5 Å². The zero-order valence-electron chi connectivity index (χ0n) is 13.2. The van der Waals surface area contributed by atoms with Crippen molar-refractivity contribution in [2.45, 2.75) is 32.1 Å². The van der Waals surface area contributed by atoms with Crippen molar-refractivity contribution in [2.75, 3.05) is 11.9 Å². The fraction of sp³-hybridized carbons (Fsp3) is 0.353. The molecule has 2 heterocycles. The molecule has 1 amide bonds. The first-order valence-corrected chi connectivity index (χ1v) is 8.53. The molecule has 1 aliphatic heterocycles. The van der Waals surface area contributed by atoms with E-state index in [1.807, 2.05) is 24.0 Å². The lowest BCUT2D eigenvalue weighted by molar-refractivity contribution is -0.120. The molecule has 1 N–H and O–H groups in total. The van der Waals surface area contributed by atoms with Gasteiger partial charge in [0.1, 0.15) is 6.17 Å². The number of alkyl halides is 1. The molecule has 1 aromatic carbocycles. The number of aromatic nitrogens is 2. The summed E-state index contributed by atoms with van der Waals surface area (Å²) in [6.07, 6.45) is 2.42. The van der Waals surface area contributed by atoms with Gasteiger partial charge in [-0.2, -0.15) is 0 Å². The summed E-state index contributed by atoms with van der Waals surface area (Å²) in [7, 11) is 0. The molecule has 0 radical (unpaired) electrons. The van der Waals surface area contributed by atoms with Gasteiger partial charge in [0.05, 0.1) is 17.4 Å². The second-order valence-corrected chi connectivity index (χ2v) is 6.78. The Kier molecular flexibility index (Phi) is 5.20. The molecule has 0 aliphatic carbocycles. The monoisotopic (exact) mass is 392 g/mol. The zero-order chi connectivity index (χ0) is 17.1. The molecule has 1 saturated heterocycles. The predicted molar refractivity (Wildman–Crippen MR) is 93.3 cm³/mol. The highest BCUT2D eigenvalue weighted by Gasteiger charge is 2.37. The minimum Gasteiger partial charge on any atom is -0.325 e. The van der Waals surface area contributed by atoms with Gasteiger partial charge in [-0.25, -0.2) is 4.39 Å². The van der Waals surface area contributed by atoms with E-state index in [9.17, 15) is 9.18 Å². The quantitative estimate of drug-likeness (QED) is 0.868. The van der Waals surface area contributed by atoms with Gasteiger partial charge in [-0.1, -0.05) is 15.9 Å². The molecule has 5 nitrogen and oxygen atoms in total. The van der Waals surface area contributed by atoms with Crippen LogP contribution in [-0.4, -0.2) is 39.5 Å². The van der Waals surface area contributed by atoms with E-state index in [1.54, 1.807) is 24.5 Å². The van der Waals surface area contributed by atoms with Gasteiger partial charge in [0.25, 0.3) is 0 Å². The molecule has 24 heavy (non-hydrogen) atoms. The Hall–Kier alpha value is -1.86. The normalized spacial score (nSPS) is 21.0. The molecule has 2 aromatic rings. The van der Waals surface area contributed by atoms with Crippen LogP contribution < -0.4 is 5.32 Å². The van der Waals surface area contributed by atoms with Crippen LogP contribution in [0, 0.1) is 6.92 Å². The van der Waals surface area contributed by atoms with Crippen molar-refractivity contribution in [2.24, 2.45) is 0 Å². The second-order valence-electron chi connectivity index (χ2n) is 5.86. The number of nitrogens with zero attached hydrogens (tertiary/aromatic N) is 3. The van der Waals surface area contributed by atoms with Crippen molar-refractivity contribution in [3.8, 4) is 0 Å². The zero-order valence-corrected chi connectivity index (χ0v) is 14.8. The SMILES string of the molecule is Cc1nccnc1CN1C[C@@H](F)C[C@@H]1C(=O)Nc1ccc(Br)cc1. The Balaban J connectivity index is 1.71.